The van der Waals surface area contributed by atoms with Crippen LogP contribution in [0.5, 0.6) is 34.5 Å². The van der Waals surface area contributed by atoms with Crippen molar-refractivity contribution in [2.24, 2.45) is 0 Å². The van der Waals surface area contributed by atoms with Gasteiger partial charge in [0.2, 0.25) is 12.5 Å². The second-order valence-corrected chi connectivity index (χ2v) is 21.0. The van der Waals surface area contributed by atoms with E-state index < -0.39 is 59.9 Å². The maximum atomic E-state index is 13.5. The van der Waals surface area contributed by atoms with Crippen molar-refractivity contribution in [1.29, 1.82) is 5.26 Å². The first-order chi connectivity index (χ1) is 23.8. The number of nitrogens with zero attached hydrogens (tertiary/aromatic N) is 2. The summed E-state index contributed by atoms with van der Waals surface area (Å²) in [5, 5.41) is 25.9. The average molecular weight is 758 g/mol. The lowest BCUT2D eigenvalue weighted by atomic mass is 9.73. The highest BCUT2D eigenvalue weighted by Crippen LogP contribution is 2.58. The van der Waals surface area contributed by atoms with E-state index in [0.29, 0.717) is 39.3 Å². The predicted molar refractivity (Wildman–Crippen MR) is 178 cm³/mol. The normalized spacial score (nSPS) is 24.2. The van der Waals surface area contributed by atoms with E-state index in [1.165, 1.54) is 13.2 Å². The third-order valence-electron chi connectivity index (χ3n) is 10.8. The summed E-state index contributed by atoms with van der Waals surface area (Å²) in [5.41, 5.74) is -3.08. The number of phenolic OH excluding ortho intramolecular Hbond substituents is 1. The fourth-order valence-electron chi connectivity index (χ4n) is 7.33. The molecular weight excluding hydrogens is 716 g/mol. The Morgan fingerprint density at radius 3 is 2.41 bits per heavy atom. The van der Waals surface area contributed by atoms with Crippen LogP contribution in [-0.4, -0.2) is 84.8 Å². The summed E-state index contributed by atoms with van der Waals surface area (Å²) >= 11 is 0. The fourth-order valence-corrected chi connectivity index (χ4v) is 8.79. The Balaban J connectivity index is 1.56. The topological polar surface area (TPSA) is 158 Å². The van der Waals surface area contributed by atoms with Gasteiger partial charge in [-0.15, -0.1) is 0 Å². The summed E-state index contributed by atoms with van der Waals surface area (Å²) < 4.78 is 105. The van der Waals surface area contributed by atoms with E-state index in [1.807, 2.05) is 0 Å². The number of hydrogen-bond acceptors (Lipinski definition) is 13. The Bertz CT molecular complexity index is 1880. The maximum Gasteiger partial charge on any atom is 0.534 e. The molecular formula is C33H42F3N3O10SSi. The lowest BCUT2D eigenvalue weighted by molar-refractivity contribution is -0.0501. The molecule has 51 heavy (non-hydrogen) atoms. The van der Waals surface area contributed by atoms with Gasteiger partial charge < -0.3 is 42.7 Å². The van der Waals surface area contributed by atoms with Crippen LogP contribution in [0.4, 0.5) is 13.2 Å². The Morgan fingerprint density at radius 1 is 1.12 bits per heavy atom. The molecule has 13 nitrogen and oxygen atoms in total. The Hall–Kier alpha value is -3.47. The standard InChI is InChI=1S/C33H42F3N3O10SSi/c1-16-27(40)18-11-20-26-24-17(10-23(49-50(41,42)33(34,35)36)29(44-6)30(24)45-14-43-5)9-19(38-26)21(12-37)39(20)22(13-48-51(7,8)32(2,3)4)25(18)31-28(16)46-15-47-31/h10,19-22,26,38,40H,9,11,13-15H2,1-8H3/t19-,20-,21-,22-,26-/m0/s1. The lowest BCUT2D eigenvalue weighted by Gasteiger charge is -2.57. The molecule has 0 saturated carbocycles. The number of piperazine rings is 1. The van der Waals surface area contributed by atoms with Gasteiger partial charge in [-0.2, -0.15) is 26.9 Å². The smallest absolute Gasteiger partial charge is 0.507 e. The molecule has 0 spiro atoms. The van der Waals surface area contributed by atoms with Crippen LogP contribution in [-0.2, 0) is 32.1 Å². The van der Waals surface area contributed by atoms with Gasteiger partial charge >= 0.3 is 15.6 Å². The third-order valence-corrected chi connectivity index (χ3v) is 16.2. The molecule has 0 radical (unpaired) electrons. The summed E-state index contributed by atoms with van der Waals surface area (Å²) in [4.78, 5) is 2.08. The summed E-state index contributed by atoms with van der Waals surface area (Å²) in [7, 11) is -5.95. The van der Waals surface area contributed by atoms with E-state index in [1.54, 1.807) is 6.92 Å². The monoisotopic (exact) mass is 757 g/mol. The van der Waals surface area contributed by atoms with E-state index in [2.05, 4.69) is 54.3 Å². The number of fused-ring (bicyclic) bond motifs is 9. The van der Waals surface area contributed by atoms with Gasteiger partial charge in [0.05, 0.1) is 31.9 Å². The van der Waals surface area contributed by atoms with Gasteiger partial charge in [-0.1, -0.05) is 20.8 Å². The van der Waals surface area contributed by atoms with Crippen LogP contribution in [0.15, 0.2) is 6.07 Å². The molecule has 0 amide bonds. The molecule has 4 aliphatic rings. The number of benzene rings is 2. The zero-order chi connectivity index (χ0) is 37.4. The number of nitrogens with one attached hydrogen (secondary N) is 1. The van der Waals surface area contributed by atoms with Crippen LogP contribution in [0.25, 0.3) is 0 Å². The molecule has 2 aromatic carbocycles. The number of methoxy groups -OCH3 is 2. The summed E-state index contributed by atoms with van der Waals surface area (Å²) in [6, 6.07) is 0.442. The number of phenols is 1. The number of nitriles is 1. The van der Waals surface area contributed by atoms with Crippen molar-refractivity contribution < 1.29 is 59.0 Å². The third kappa shape index (κ3) is 6.05. The van der Waals surface area contributed by atoms with Crippen molar-refractivity contribution in [3.05, 3.63) is 33.9 Å². The quantitative estimate of drug-likeness (QED) is 0.151. The molecule has 18 heteroatoms. The minimum atomic E-state index is -6.09. The first kappa shape index (κ1) is 37.3. The lowest BCUT2D eigenvalue weighted by Crippen LogP contribution is -2.68. The number of alkyl halides is 3. The van der Waals surface area contributed by atoms with Gasteiger partial charge in [0.25, 0.3) is 0 Å². The molecule has 0 aliphatic carbocycles. The zero-order valence-electron chi connectivity index (χ0n) is 29.6. The van der Waals surface area contributed by atoms with Crippen LogP contribution in [0.2, 0.25) is 18.1 Å². The van der Waals surface area contributed by atoms with Gasteiger partial charge in [-0.25, -0.2) is 0 Å². The van der Waals surface area contributed by atoms with Crippen LogP contribution in [0.1, 0.15) is 60.7 Å². The predicted octanol–water partition coefficient (Wildman–Crippen LogP) is 5.10. The molecule has 6 rings (SSSR count). The Morgan fingerprint density at radius 2 is 1.80 bits per heavy atom. The molecule has 0 unspecified atom stereocenters. The van der Waals surface area contributed by atoms with E-state index in [-0.39, 0.29) is 55.3 Å². The second kappa shape index (κ2) is 12.9. The van der Waals surface area contributed by atoms with E-state index in [9.17, 15) is 32.0 Å². The van der Waals surface area contributed by atoms with Gasteiger partial charge in [0.15, 0.2) is 38.1 Å². The molecule has 4 heterocycles. The zero-order valence-corrected chi connectivity index (χ0v) is 31.4. The minimum Gasteiger partial charge on any atom is -0.507 e. The van der Waals surface area contributed by atoms with Crippen LogP contribution in [0, 0.1) is 18.3 Å². The number of ether oxygens (including phenoxy) is 5. The molecule has 2 bridgehead atoms. The minimum absolute atomic E-state index is 0.0208. The van der Waals surface area contributed by atoms with Crippen molar-refractivity contribution in [1.82, 2.24) is 10.2 Å². The van der Waals surface area contributed by atoms with Crippen molar-refractivity contribution in [2.75, 3.05) is 34.4 Å². The largest absolute Gasteiger partial charge is 0.534 e. The highest BCUT2D eigenvalue weighted by Gasteiger charge is 2.56. The van der Waals surface area contributed by atoms with E-state index in [4.69, 9.17) is 28.1 Å². The molecule has 2 N–H and O–H groups in total. The van der Waals surface area contributed by atoms with E-state index >= 15 is 0 Å². The maximum absolute atomic E-state index is 13.5. The van der Waals surface area contributed by atoms with Crippen molar-refractivity contribution in [2.45, 2.75) is 94.4 Å². The number of hydrogen-bond donors (Lipinski definition) is 2. The van der Waals surface area contributed by atoms with Crippen molar-refractivity contribution in [3.8, 4) is 40.6 Å². The van der Waals surface area contributed by atoms with Crippen LogP contribution < -0.4 is 28.4 Å². The van der Waals surface area contributed by atoms with Crippen LogP contribution >= 0.6 is 0 Å². The first-order valence-corrected chi connectivity index (χ1v) is 20.7. The van der Waals surface area contributed by atoms with Crippen molar-refractivity contribution in [3.63, 3.8) is 0 Å². The molecule has 4 aliphatic heterocycles. The molecule has 0 aromatic heterocycles. The summed E-state index contributed by atoms with van der Waals surface area (Å²) in [6.45, 7) is 12.1. The molecule has 280 valence electrons. The molecule has 2 aromatic rings. The average Bonchev–Trinajstić information content (AvgIpc) is 3.53. The Labute approximate surface area is 295 Å². The second-order valence-electron chi connectivity index (χ2n) is 14.6. The van der Waals surface area contributed by atoms with Crippen LogP contribution in [0.3, 0.4) is 0 Å². The SMILES string of the molecule is COCOc1c(OC)c(OS(=O)(=O)C(F)(F)F)cc2c1[C@H]1N[C@@H](C2)[C@H](C#N)N2[C@@H](CO[Si](C)(C)C(C)(C)C)c3c(c(O)c(C)c4c3OCO4)C[C@@H]12. The number of halogens is 3. The molecule has 1 saturated heterocycles. The van der Waals surface area contributed by atoms with Gasteiger partial charge in [0.1, 0.15) is 11.8 Å². The Kier molecular flexibility index (Phi) is 9.42. The fraction of sp³-hybridized carbons (Fsp3) is 0.606. The molecule has 5 atom stereocenters. The van der Waals surface area contributed by atoms with Gasteiger partial charge in [-0.05, 0) is 49.5 Å². The highest BCUT2D eigenvalue weighted by molar-refractivity contribution is 7.88. The highest BCUT2D eigenvalue weighted by atomic mass is 32.2. The van der Waals surface area contributed by atoms with E-state index in [0.717, 1.165) is 7.11 Å². The number of rotatable bonds is 9. The summed E-state index contributed by atoms with van der Waals surface area (Å²) in [5.74, 6) is -0.252. The molecule has 1 fully saturated rings. The first-order valence-electron chi connectivity index (χ1n) is 16.3. The summed E-state index contributed by atoms with van der Waals surface area (Å²) in [6.07, 6.45) is 0.298. The van der Waals surface area contributed by atoms with Crippen molar-refractivity contribution >= 4 is 18.4 Å². The number of aromatic hydroxyl groups is 1. The van der Waals surface area contributed by atoms with Gasteiger partial charge in [0, 0.05) is 41.4 Å². The van der Waals surface area contributed by atoms with Gasteiger partial charge in [-0.3, -0.25) is 4.90 Å².